The highest BCUT2D eigenvalue weighted by molar-refractivity contribution is 6.36. The van der Waals surface area contributed by atoms with E-state index in [9.17, 15) is 9.90 Å². The Kier molecular flexibility index (Phi) is 2.25. The number of benzene rings is 2. The Morgan fingerprint density at radius 1 is 1.27 bits per heavy atom. The molecule has 0 aromatic heterocycles. The predicted molar refractivity (Wildman–Crippen MR) is 55.4 cm³/mol. The van der Waals surface area contributed by atoms with Crippen LogP contribution in [0.15, 0.2) is 30.3 Å². The van der Waals surface area contributed by atoms with Crippen molar-refractivity contribution < 1.29 is 15.0 Å². The van der Waals surface area contributed by atoms with E-state index in [0.29, 0.717) is 5.39 Å². The number of carbonyl (C=O) groups is 1. The molecule has 2 aromatic rings. The minimum Gasteiger partial charge on any atom is -0.871 e. The minimum absolute atomic E-state index is 0.254. The Bertz CT molecular complexity index is 549. The molecule has 1 N–H and O–H groups in total. The van der Waals surface area contributed by atoms with Crippen molar-refractivity contribution in [3.8, 4) is 5.75 Å². The maximum absolute atomic E-state index is 11.7. The molecule has 0 unspecified atom stereocenters. The number of halogens is 1. The van der Waals surface area contributed by atoms with E-state index >= 15 is 0 Å². The third-order valence-electron chi connectivity index (χ3n) is 2.18. The van der Waals surface area contributed by atoms with E-state index in [0.717, 1.165) is 0 Å². The monoisotopic (exact) mass is 221 g/mol. The van der Waals surface area contributed by atoms with E-state index in [1.807, 2.05) is 0 Å². The van der Waals surface area contributed by atoms with Crippen molar-refractivity contribution in [2.45, 2.75) is 0 Å². The second-order valence-electron chi connectivity index (χ2n) is 3.09. The highest BCUT2D eigenvalue weighted by Crippen LogP contribution is 2.32. The molecule has 0 aliphatic carbocycles. The first-order chi connectivity index (χ1) is 7.11. The van der Waals surface area contributed by atoms with Crippen molar-refractivity contribution >= 4 is 28.3 Å². The van der Waals surface area contributed by atoms with Gasteiger partial charge < -0.3 is 10.2 Å². The van der Waals surface area contributed by atoms with Crippen molar-refractivity contribution in [1.29, 1.82) is 0 Å². The summed E-state index contributed by atoms with van der Waals surface area (Å²) in [5, 5.41) is 21.7. The number of fused-ring (bicyclic) bond motifs is 1. The molecule has 4 heteroatoms. The zero-order valence-corrected chi connectivity index (χ0v) is 8.28. The van der Waals surface area contributed by atoms with Crippen LogP contribution in [0.4, 0.5) is 0 Å². The lowest BCUT2D eigenvalue weighted by molar-refractivity contribution is -0.266. The van der Waals surface area contributed by atoms with Crippen molar-refractivity contribution in [2.75, 3.05) is 0 Å². The maximum atomic E-state index is 11.7. The van der Waals surface area contributed by atoms with E-state index in [1.54, 1.807) is 24.3 Å². The zero-order valence-electron chi connectivity index (χ0n) is 7.53. The summed E-state index contributed by atoms with van der Waals surface area (Å²) in [6, 6.07) is 7.87. The summed E-state index contributed by atoms with van der Waals surface area (Å²) in [5.41, 5.74) is -0.254. The van der Waals surface area contributed by atoms with Gasteiger partial charge in [0.05, 0.1) is 5.56 Å². The van der Waals surface area contributed by atoms with Gasteiger partial charge in [-0.1, -0.05) is 35.5 Å². The fourth-order valence-electron chi connectivity index (χ4n) is 1.47. The van der Waals surface area contributed by atoms with Crippen LogP contribution in [0.1, 0.15) is 10.4 Å². The van der Waals surface area contributed by atoms with Crippen LogP contribution in [0.5, 0.6) is 5.75 Å². The standard InChI is InChI=1S/C11H7ClO3/c12-8-3-1-2-6-4-5-7(11(14)15)10(13)9(6)8/h1-5,13H,(H,14,15)/p-1. The van der Waals surface area contributed by atoms with Crippen molar-refractivity contribution in [3.63, 3.8) is 0 Å². The number of carboxylic acid groups (broad SMARTS) is 1. The molecule has 76 valence electrons. The van der Waals surface area contributed by atoms with Gasteiger partial charge >= 0.3 is 5.97 Å². The van der Waals surface area contributed by atoms with Crippen LogP contribution in [0.3, 0.4) is 0 Å². The fraction of sp³-hybridized carbons (Fsp3) is 0. The quantitative estimate of drug-likeness (QED) is 0.804. The number of hydrogen-bond donors (Lipinski definition) is 1. The first kappa shape index (κ1) is 9.80. The summed E-state index contributed by atoms with van der Waals surface area (Å²) in [6.45, 7) is 0. The Morgan fingerprint density at radius 3 is 2.67 bits per heavy atom. The van der Waals surface area contributed by atoms with Crippen molar-refractivity contribution in [2.24, 2.45) is 0 Å². The third kappa shape index (κ3) is 1.51. The average molecular weight is 222 g/mol. The van der Waals surface area contributed by atoms with Crippen LogP contribution in [0.25, 0.3) is 10.8 Å². The van der Waals surface area contributed by atoms with E-state index in [-0.39, 0.29) is 16.0 Å². The second-order valence-corrected chi connectivity index (χ2v) is 3.49. The molecule has 3 nitrogen and oxygen atoms in total. The van der Waals surface area contributed by atoms with Crippen LogP contribution in [-0.2, 0) is 0 Å². The molecule has 15 heavy (non-hydrogen) atoms. The highest BCUT2D eigenvalue weighted by atomic mass is 35.5. The summed E-state index contributed by atoms with van der Waals surface area (Å²) >= 11 is 5.85. The predicted octanol–water partition coefficient (Wildman–Crippen LogP) is 2.27. The Balaban J connectivity index is 2.89. The van der Waals surface area contributed by atoms with Gasteiger partial charge in [0.2, 0.25) is 0 Å². The molecule has 0 atom stereocenters. The van der Waals surface area contributed by atoms with Crippen LogP contribution < -0.4 is 5.11 Å². The first-order valence-electron chi connectivity index (χ1n) is 4.23. The van der Waals surface area contributed by atoms with Crippen LogP contribution >= 0.6 is 11.6 Å². The molecule has 0 bridgehead atoms. The molecule has 0 spiro atoms. The Labute approximate surface area is 90.5 Å². The average Bonchev–Trinajstić information content (AvgIpc) is 2.17. The summed E-state index contributed by atoms with van der Waals surface area (Å²) in [6.07, 6.45) is 0. The molecular weight excluding hydrogens is 216 g/mol. The van der Waals surface area contributed by atoms with Crippen LogP contribution in [0.2, 0.25) is 5.02 Å². The molecule has 0 radical (unpaired) electrons. The normalized spacial score (nSPS) is 10.5. The number of hydrogen-bond acceptors (Lipinski definition) is 2. The van der Waals surface area contributed by atoms with E-state index < -0.39 is 11.7 Å². The molecule has 0 saturated carbocycles. The van der Waals surface area contributed by atoms with Gasteiger partial charge in [0, 0.05) is 5.02 Å². The summed E-state index contributed by atoms with van der Waals surface area (Å²) in [4.78, 5) is 10.7. The molecule has 0 aliphatic rings. The zero-order chi connectivity index (χ0) is 11.0. The number of carboxylic acids is 1. The molecule has 0 heterocycles. The van der Waals surface area contributed by atoms with Crippen LogP contribution in [-0.4, -0.2) is 11.1 Å². The van der Waals surface area contributed by atoms with Gasteiger partial charge in [-0.25, -0.2) is 4.79 Å². The van der Waals surface area contributed by atoms with Gasteiger partial charge in [0.15, 0.2) is 0 Å². The minimum atomic E-state index is -1.23. The van der Waals surface area contributed by atoms with Gasteiger partial charge in [-0.3, -0.25) is 0 Å². The molecule has 0 saturated heterocycles. The van der Waals surface area contributed by atoms with Gasteiger partial charge in [0.1, 0.15) is 0 Å². The Morgan fingerprint density at radius 2 is 2.00 bits per heavy atom. The SMILES string of the molecule is O=C(O)c1ccc2cccc(Cl)c2c1[O-]. The molecule has 2 aromatic carbocycles. The topological polar surface area (TPSA) is 60.4 Å². The van der Waals surface area contributed by atoms with E-state index in [4.69, 9.17) is 16.7 Å². The summed E-state index contributed by atoms with van der Waals surface area (Å²) < 4.78 is 0. The van der Waals surface area contributed by atoms with E-state index in [1.165, 1.54) is 6.07 Å². The maximum Gasteiger partial charge on any atom is 0.335 e. The van der Waals surface area contributed by atoms with Gasteiger partial charge in [-0.15, -0.1) is 0 Å². The van der Waals surface area contributed by atoms with Crippen LogP contribution in [0, 0.1) is 0 Å². The lowest BCUT2D eigenvalue weighted by atomic mass is 10.1. The lowest BCUT2D eigenvalue weighted by Gasteiger charge is -2.14. The molecule has 0 amide bonds. The molecule has 0 aliphatic heterocycles. The molecule has 2 rings (SSSR count). The highest BCUT2D eigenvalue weighted by Gasteiger charge is 2.08. The fourth-order valence-corrected chi connectivity index (χ4v) is 1.74. The van der Waals surface area contributed by atoms with Gasteiger partial charge in [-0.2, -0.15) is 0 Å². The third-order valence-corrected chi connectivity index (χ3v) is 2.49. The summed E-state index contributed by atoms with van der Waals surface area (Å²) in [5.74, 6) is -1.77. The van der Waals surface area contributed by atoms with E-state index in [2.05, 4.69) is 0 Å². The second kappa shape index (κ2) is 3.44. The summed E-state index contributed by atoms with van der Waals surface area (Å²) in [7, 11) is 0. The lowest BCUT2D eigenvalue weighted by Crippen LogP contribution is -2.04. The first-order valence-corrected chi connectivity index (χ1v) is 4.60. The van der Waals surface area contributed by atoms with Crippen molar-refractivity contribution in [1.82, 2.24) is 0 Å². The molecule has 0 fully saturated rings. The largest absolute Gasteiger partial charge is 0.871 e. The molecular formula is C11H6ClO3-. The number of aromatic carboxylic acids is 1. The van der Waals surface area contributed by atoms with Gasteiger partial charge in [-0.05, 0) is 22.9 Å². The number of rotatable bonds is 1. The smallest absolute Gasteiger partial charge is 0.335 e. The van der Waals surface area contributed by atoms with Crippen molar-refractivity contribution in [3.05, 3.63) is 40.9 Å². The Hall–Kier alpha value is -1.74. The van der Waals surface area contributed by atoms with Gasteiger partial charge in [0.25, 0.3) is 0 Å².